The molecule has 0 spiro atoms. The summed E-state index contributed by atoms with van der Waals surface area (Å²) in [6.45, 7) is 1.05. The van der Waals surface area contributed by atoms with E-state index in [1.165, 1.54) is 0 Å². The van der Waals surface area contributed by atoms with E-state index in [9.17, 15) is 4.79 Å². The molecule has 5 nitrogen and oxygen atoms in total. The van der Waals surface area contributed by atoms with E-state index in [4.69, 9.17) is 4.84 Å². The normalized spacial score (nSPS) is 17.8. The Morgan fingerprint density at radius 3 is 2.32 bits per heavy atom. The number of Topliss-reactive ketones (excluding diaryl/α,β-unsaturated/α-hetero) is 1. The average molecular weight is 333 g/mol. The summed E-state index contributed by atoms with van der Waals surface area (Å²) in [6, 6.07) is 17.5. The van der Waals surface area contributed by atoms with Crippen LogP contribution < -0.4 is 0 Å². The third-order valence-corrected chi connectivity index (χ3v) is 4.51. The van der Waals surface area contributed by atoms with Crippen molar-refractivity contribution < 1.29 is 9.63 Å². The van der Waals surface area contributed by atoms with Gasteiger partial charge < -0.3 is 14.6 Å². The molecule has 4 rings (SSSR count). The molecular formula is C20H19N3O2. The summed E-state index contributed by atoms with van der Waals surface area (Å²) in [5.41, 5.74) is 4.78. The molecule has 0 atom stereocenters. The summed E-state index contributed by atoms with van der Waals surface area (Å²) in [5.74, 6) is 0.0412. The van der Waals surface area contributed by atoms with Crippen molar-refractivity contribution in [1.82, 2.24) is 9.80 Å². The highest BCUT2D eigenvalue weighted by Gasteiger charge is 2.39. The Kier molecular flexibility index (Phi) is 3.76. The van der Waals surface area contributed by atoms with Crippen molar-refractivity contribution in [2.75, 3.05) is 20.8 Å². The summed E-state index contributed by atoms with van der Waals surface area (Å²) in [7, 11) is 3.89. The minimum Gasteiger partial charge on any atom is -0.390 e. The van der Waals surface area contributed by atoms with Gasteiger partial charge in [-0.2, -0.15) is 0 Å². The number of hydrogen-bond acceptors (Lipinski definition) is 5. The highest BCUT2D eigenvalue weighted by molar-refractivity contribution is 6.28. The SMILES string of the molecule is CN1CN(C)C2=C1C(=O)c1ccccc1/C2=N/OCc1ccccc1. The van der Waals surface area contributed by atoms with E-state index in [0.29, 0.717) is 30.2 Å². The van der Waals surface area contributed by atoms with Crippen LogP contribution in [-0.4, -0.2) is 42.1 Å². The fourth-order valence-corrected chi connectivity index (χ4v) is 3.38. The Labute approximate surface area is 146 Å². The van der Waals surface area contributed by atoms with Gasteiger partial charge in [-0.25, -0.2) is 0 Å². The molecule has 2 aliphatic rings. The Bertz CT molecular complexity index is 887. The van der Waals surface area contributed by atoms with Gasteiger partial charge in [-0.3, -0.25) is 4.79 Å². The minimum absolute atomic E-state index is 0.0412. The Morgan fingerprint density at radius 1 is 0.920 bits per heavy atom. The highest BCUT2D eigenvalue weighted by Crippen LogP contribution is 2.33. The van der Waals surface area contributed by atoms with Gasteiger partial charge in [0.25, 0.3) is 0 Å². The number of carbonyl (C=O) groups is 1. The lowest BCUT2D eigenvalue weighted by molar-refractivity contribution is 0.1000. The third kappa shape index (κ3) is 2.58. The van der Waals surface area contributed by atoms with Crippen LogP contribution in [0.5, 0.6) is 0 Å². The number of carbonyl (C=O) groups excluding carboxylic acids is 1. The Hall–Kier alpha value is -3.08. The molecule has 0 bridgehead atoms. The largest absolute Gasteiger partial charge is 0.390 e. The molecule has 1 heterocycles. The molecule has 2 aromatic carbocycles. The molecule has 25 heavy (non-hydrogen) atoms. The molecule has 0 fully saturated rings. The van der Waals surface area contributed by atoms with Crippen molar-refractivity contribution in [3.05, 3.63) is 82.7 Å². The molecular weight excluding hydrogens is 314 g/mol. The van der Waals surface area contributed by atoms with Crippen LogP contribution in [0, 0.1) is 0 Å². The van der Waals surface area contributed by atoms with Crippen LogP contribution in [0.15, 0.2) is 71.1 Å². The van der Waals surface area contributed by atoms with Gasteiger partial charge in [0, 0.05) is 25.2 Å². The molecule has 0 unspecified atom stereocenters. The summed E-state index contributed by atoms with van der Waals surface area (Å²) in [6.07, 6.45) is 0. The van der Waals surface area contributed by atoms with Crippen LogP contribution in [0.1, 0.15) is 21.5 Å². The topological polar surface area (TPSA) is 45.1 Å². The second-order valence-corrected chi connectivity index (χ2v) is 6.31. The first kappa shape index (κ1) is 15.4. The van der Waals surface area contributed by atoms with E-state index in [-0.39, 0.29) is 5.78 Å². The van der Waals surface area contributed by atoms with Crippen molar-refractivity contribution in [3.63, 3.8) is 0 Å². The van der Waals surface area contributed by atoms with Crippen molar-refractivity contribution in [1.29, 1.82) is 0 Å². The second kappa shape index (κ2) is 6.09. The molecule has 5 heteroatoms. The molecule has 0 saturated heterocycles. The minimum atomic E-state index is 0.0412. The zero-order valence-corrected chi connectivity index (χ0v) is 14.3. The van der Waals surface area contributed by atoms with Crippen molar-refractivity contribution in [2.24, 2.45) is 5.16 Å². The second-order valence-electron chi connectivity index (χ2n) is 6.31. The lowest BCUT2D eigenvalue weighted by Crippen LogP contribution is -2.27. The third-order valence-electron chi connectivity index (χ3n) is 4.51. The molecule has 0 aromatic heterocycles. The predicted molar refractivity (Wildman–Crippen MR) is 96.0 cm³/mol. The van der Waals surface area contributed by atoms with E-state index >= 15 is 0 Å². The van der Waals surface area contributed by atoms with E-state index in [1.807, 2.05) is 78.5 Å². The van der Waals surface area contributed by atoms with Crippen LogP contribution >= 0.6 is 0 Å². The van der Waals surface area contributed by atoms with Crippen LogP contribution in [-0.2, 0) is 11.4 Å². The molecule has 2 aromatic rings. The fourth-order valence-electron chi connectivity index (χ4n) is 3.38. The number of rotatable bonds is 3. The molecule has 1 aliphatic heterocycles. The van der Waals surface area contributed by atoms with Gasteiger partial charge in [0.1, 0.15) is 18.0 Å². The summed E-state index contributed by atoms with van der Waals surface area (Å²) >= 11 is 0. The van der Waals surface area contributed by atoms with Crippen LogP contribution in [0.2, 0.25) is 0 Å². The van der Waals surface area contributed by atoms with Crippen molar-refractivity contribution in [3.8, 4) is 0 Å². The summed E-state index contributed by atoms with van der Waals surface area (Å²) in [4.78, 5) is 22.5. The quantitative estimate of drug-likeness (QED) is 0.810. The highest BCUT2D eigenvalue weighted by atomic mass is 16.6. The fraction of sp³-hybridized carbons (Fsp3) is 0.200. The maximum atomic E-state index is 12.9. The van der Waals surface area contributed by atoms with Crippen molar-refractivity contribution >= 4 is 11.5 Å². The number of fused-ring (bicyclic) bond motifs is 1. The molecule has 0 radical (unpaired) electrons. The zero-order chi connectivity index (χ0) is 17.4. The zero-order valence-electron chi connectivity index (χ0n) is 14.3. The van der Waals surface area contributed by atoms with E-state index in [0.717, 1.165) is 16.8 Å². The predicted octanol–water partition coefficient (Wildman–Crippen LogP) is 2.85. The Balaban J connectivity index is 1.74. The van der Waals surface area contributed by atoms with Gasteiger partial charge in [0.2, 0.25) is 5.78 Å². The molecule has 1 aliphatic carbocycles. The van der Waals surface area contributed by atoms with Gasteiger partial charge in [0.05, 0.1) is 12.4 Å². The number of oxime groups is 1. The van der Waals surface area contributed by atoms with Gasteiger partial charge >= 0.3 is 0 Å². The smallest absolute Gasteiger partial charge is 0.211 e. The van der Waals surface area contributed by atoms with Gasteiger partial charge in [-0.05, 0) is 5.56 Å². The first-order chi connectivity index (χ1) is 12.2. The molecule has 0 amide bonds. The van der Waals surface area contributed by atoms with Crippen LogP contribution in [0.25, 0.3) is 0 Å². The van der Waals surface area contributed by atoms with Crippen LogP contribution in [0.4, 0.5) is 0 Å². The molecule has 0 saturated carbocycles. The summed E-state index contributed by atoms with van der Waals surface area (Å²) in [5, 5.41) is 4.42. The Morgan fingerprint density at radius 2 is 1.56 bits per heavy atom. The number of likely N-dealkylation sites (N-methyl/N-ethyl adjacent to an activating group) is 2. The molecule has 126 valence electrons. The van der Waals surface area contributed by atoms with E-state index < -0.39 is 0 Å². The van der Waals surface area contributed by atoms with Crippen LogP contribution in [0.3, 0.4) is 0 Å². The maximum absolute atomic E-state index is 12.9. The number of ketones is 1. The van der Waals surface area contributed by atoms with E-state index in [2.05, 4.69) is 5.16 Å². The maximum Gasteiger partial charge on any atom is 0.211 e. The average Bonchev–Trinajstić information content (AvgIpc) is 2.93. The lowest BCUT2D eigenvalue weighted by Gasteiger charge is -2.22. The molecule has 0 N–H and O–H groups in total. The number of nitrogens with zero attached hydrogens (tertiary/aromatic N) is 3. The first-order valence-electron chi connectivity index (χ1n) is 8.21. The van der Waals surface area contributed by atoms with E-state index in [1.54, 1.807) is 0 Å². The first-order valence-corrected chi connectivity index (χ1v) is 8.21. The number of allylic oxidation sites excluding steroid dienone is 2. The van der Waals surface area contributed by atoms with Gasteiger partial charge in [-0.15, -0.1) is 0 Å². The van der Waals surface area contributed by atoms with Gasteiger partial charge in [0.15, 0.2) is 0 Å². The van der Waals surface area contributed by atoms with Gasteiger partial charge in [-0.1, -0.05) is 59.8 Å². The summed E-state index contributed by atoms with van der Waals surface area (Å²) < 4.78 is 0. The van der Waals surface area contributed by atoms with Crippen molar-refractivity contribution in [2.45, 2.75) is 6.61 Å². The number of benzene rings is 2. The monoisotopic (exact) mass is 333 g/mol. The standard InChI is InChI=1S/C20H19N3O2/c1-22-13-23(2)19-18(22)17(15-10-6-7-11-16(15)20(19)24)21-25-12-14-8-4-3-5-9-14/h3-11H,12-13H2,1-2H3/b21-17-. The lowest BCUT2D eigenvalue weighted by atomic mass is 9.90. The number of hydrogen-bond donors (Lipinski definition) is 0.